The Balaban J connectivity index is 0.00000162. The zero-order valence-corrected chi connectivity index (χ0v) is 11.2. The Morgan fingerprint density at radius 1 is 1.44 bits per heavy atom. The monoisotopic (exact) mass is 268 g/mol. The molecule has 1 heterocycles. The second-order valence-electron chi connectivity index (χ2n) is 4.15. The Morgan fingerprint density at radius 3 is 2.72 bits per heavy atom. The molecular formula is C13H17ClN2O2. The molecular weight excluding hydrogens is 252 g/mol. The van der Waals surface area contributed by atoms with Crippen molar-refractivity contribution < 1.29 is 9.21 Å². The van der Waals surface area contributed by atoms with Crippen LogP contribution in [0.4, 0.5) is 0 Å². The van der Waals surface area contributed by atoms with Crippen molar-refractivity contribution in [1.82, 2.24) is 5.32 Å². The Kier molecular flexibility index (Phi) is 4.76. The Hall–Kier alpha value is -1.52. The molecule has 1 amide bonds. The molecule has 0 aliphatic carbocycles. The number of nitrogens with one attached hydrogen (secondary N) is 1. The Labute approximate surface area is 112 Å². The molecule has 0 saturated heterocycles. The molecule has 0 radical (unpaired) electrons. The number of furan rings is 1. The molecule has 0 aliphatic heterocycles. The van der Waals surface area contributed by atoms with Crippen LogP contribution in [0, 0.1) is 6.92 Å². The quantitative estimate of drug-likeness (QED) is 0.896. The summed E-state index contributed by atoms with van der Waals surface area (Å²) in [6.07, 6.45) is 0. The second-order valence-corrected chi connectivity index (χ2v) is 4.15. The normalized spacial score (nSPS) is 11.9. The highest BCUT2D eigenvalue weighted by Gasteiger charge is 2.12. The van der Waals surface area contributed by atoms with Crippen LogP contribution in [0.25, 0.3) is 11.0 Å². The summed E-state index contributed by atoms with van der Waals surface area (Å²) in [6.45, 7) is 4.01. The molecule has 1 atom stereocenters. The first-order valence-corrected chi connectivity index (χ1v) is 5.60. The molecule has 98 valence electrons. The predicted molar refractivity (Wildman–Crippen MR) is 73.7 cm³/mol. The summed E-state index contributed by atoms with van der Waals surface area (Å²) < 4.78 is 5.67. The minimum Gasteiger partial charge on any atom is -0.459 e. The van der Waals surface area contributed by atoms with Gasteiger partial charge in [-0.25, -0.2) is 0 Å². The van der Waals surface area contributed by atoms with Crippen molar-refractivity contribution in [3.05, 3.63) is 35.6 Å². The van der Waals surface area contributed by atoms with Gasteiger partial charge in [-0.2, -0.15) is 0 Å². The van der Waals surface area contributed by atoms with Gasteiger partial charge in [-0.3, -0.25) is 4.79 Å². The molecule has 0 aliphatic rings. The topological polar surface area (TPSA) is 68.3 Å². The minimum absolute atomic E-state index is 0. The van der Waals surface area contributed by atoms with Crippen LogP contribution >= 0.6 is 12.4 Å². The number of rotatable bonds is 3. The standard InChI is InChI=1S/C13H16N2O2.ClH/c1-8-10-5-3-4-6-11(10)17-12(8)7-15-13(16)9(2)14;/h3-6,9H,7,14H2,1-2H3,(H,15,16);1H/t9-;/m0./s1. The maximum absolute atomic E-state index is 11.4. The SMILES string of the molecule is Cc1c(CNC(=O)[C@H](C)N)oc2ccccc12.Cl. The van der Waals surface area contributed by atoms with E-state index in [2.05, 4.69) is 5.32 Å². The lowest BCUT2D eigenvalue weighted by Gasteiger charge is -2.06. The summed E-state index contributed by atoms with van der Waals surface area (Å²) in [5.41, 5.74) is 7.37. The van der Waals surface area contributed by atoms with Gasteiger partial charge in [-0.15, -0.1) is 12.4 Å². The minimum atomic E-state index is -0.500. The summed E-state index contributed by atoms with van der Waals surface area (Å²) in [6, 6.07) is 7.31. The van der Waals surface area contributed by atoms with Gasteiger partial charge in [0.2, 0.25) is 5.91 Å². The number of halogens is 1. The Bertz CT molecular complexity index is 549. The van der Waals surface area contributed by atoms with E-state index < -0.39 is 6.04 Å². The highest BCUT2D eigenvalue weighted by atomic mass is 35.5. The van der Waals surface area contributed by atoms with E-state index in [-0.39, 0.29) is 18.3 Å². The summed E-state index contributed by atoms with van der Waals surface area (Å²) in [5, 5.41) is 3.82. The van der Waals surface area contributed by atoms with Gasteiger partial charge < -0.3 is 15.5 Å². The van der Waals surface area contributed by atoms with Crippen LogP contribution in [0.2, 0.25) is 0 Å². The Morgan fingerprint density at radius 2 is 2.11 bits per heavy atom. The van der Waals surface area contributed by atoms with E-state index in [4.69, 9.17) is 10.2 Å². The number of carbonyl (C=O) groups is 1. The van der Waals surface area contributed by atoms with Crippen LogP contribution in [0.15, 0.2) is 28.7 Å². The van der Waals surface area contributed by atoms with E-state index in [1.807, 2.05) is 31.2 Å². The highest BCUT2D eigenvalue weighted by Crippen LogP contribution is 2.24. The molecule has 0 fully saturated rings. The van der Waals surface area contributed by atoms with Gasteiger partial charge in [0.05, 0.1) is 12.6 Å². The number of fused-ring (bicyclic) bond motifs is 1. The van der Waals surface area contributed by atoms with E-state index in [0.717, 1.165) is 22.3 Å². The second kappa shape index (κ2) is 5.89. The molecule has 5 heteroatoms. The molecule has 0 bridgehead atoms. The zero-order chi connectivity index (χ0) is 12.4. The first-order chi connectivity index (χ1) is 8.09. The van der Waals surface area contributed by atoms with Crippen LogP contribution in [0.5, 0.6) is 0 Å². The third kappa shape index (κ3) is 2.83. The fraction of sp³-hybridized carbons (Fsp3) is 0.308. The van der Waals surface area contributed by atoms with E-state index in [1.165, 1.54) is 0 Å². The zero-order valence-electron chi connectivity index (χ0n) is 10.4. The largest absolute Gasteiger partial charge is 0.459 e. The number of para-hydroxylation sites is 1. The van der Waals surface area contributed by atoms with Gasteiger partial charge in [0.1, 0.15) is 11.3 Å². The molecule has 1 aromatic carbocycles. The fourth-order valence-electron chi connectivity index (χ4n) is 1.72. The van der Waals surface area contributed by atoms with E-state index in [9.17, 15) is 4.79 Å². The van der Waals surface area contributed by atoms with Gasteiger partial charge in [-0.1, -0.05) is 18.2 Å². The van der Waals surface area contributed by atoms with Gasteiger partial charge in [0.15, 0.2) is 0 Å². The third-order valence-corrected chi connectivity index (χ3v) is 2.78. The lowest BCUT2D eigenvalue weighted by molar-refractivity contribution is -0.122. The maximum Gasteiger partial charge on any atom is 0.237 e. The summed E-state index contributed by atoms with van der Waals surface area (Å²) in [4.78, 5) is 11.4. The average molecular weight is 269 g/mol. The van der Waals surface area contributed by atoms with Gasteiger partial charge >= 0.3 is 0 Å². The smallest absolute Gasteiger partial charge is 0.237 e. The van der Waals surface area contributed by atoms with Crippen molar-refractivity contribution in [3.63, 3.8) is 0 Å². The van der Waals surface area contributed by atoms with E-state index in [0.29, 0.717) is 6.54 Å². The van der Waals surface area contributed by atoms with Crippen LogP contribution in [-0.4, -0.2) is 11.9 Å². The van der Waals surface area contributed by atoms with Crippen molar-refractivity contribution >= 4 is 29.3 Å². The molecule has 0 spiro atoms. The van der Waals surface area contributed by atoms with Crippen molar-refractivity contribution in [1.29, 1.82) is 0 Å². The van der Waals surface area contributed by atoms with Crippen molar-refractivity contribution in [2.45, 2.75) is 26.4 Å². The first kappa shape index (κ1) is 14.5. The number of nitrogens with two attached hydrogens (primary N) is 1. The summed E-state index contributed by atoms with van der Waals surface area (Å²) in [5.74, 6) is 0.602. The number of benzene rings is 1. The molecule has 3 N–H and O–H groups in total. The van der Waals surface area contributed by atoms with Gasteiger partial charge in [-0.05, 0) is 19.9 Å². The number of aryl methyl sites for hydroxylation is 1. The predicted octanol–water partition coefficient (Wildman–Crippen LogP) is 2.13. The molecule has 1 aromatic heterocycles. The highest BCUT2D eigenvalue weighted by molar-refractivity contribution is 5.85. The molecule has 0 unspecified atom stereocenters. The molecule has 2 aromatic rings. The van der Waals surface area contributed by atoms with Crippen LogP contribution in [0.3, 0.4) is 0 Å². The van der Waals surface area contributed by atoms with E-state index >= 15 is 0 Å². The fourth-order valence-corrected chi connectivity index (χ4v) is 1.72. The van der Waals surface area contributed by atoms with Crippen LogP contribution < -0.4 is 11.1 Å². The van der Waals surface area contributed by atoms with Gasteiger partial charge in [0.25, 0.3) is 0 Å². The molecule has 4 nitrogen and oxygen atoms in total. The molecule has 18 heavy (non-hydrogen) atoms. The summed E-state index contributed by atoms with van der Waals surface area (Å²) in [7, 11) is 0. The summed E-state index contributed by atoms with van der Waals surface area (Å²) >= 11 is 0. The number of carbonyl (C=O) groups excluding carboxylic acids is 1. The number of hydrogen-bond donors (Lipinski definition) is 2. The average Bonchev–Trinajstić information content (AvgIpc) is 2.64. The van der Waals surface area contributed by atoms with Crippen LogP contribution in [-0.2, 0) is 11.3 Å². The maximum atomic E-state index is 11.4. The lowest BCUT2D eigenvalue weighted by Crippen LogP contribution is -2.37. The molecule has 2 rings (SSSR count). The van der Waals surface area contributed by atoms with Gasteiger partial charge in [0, 0.05) is 10.9 Å². The number of hydrogen-bond acceptors (Lipinski definition) is 3. The van der Waals surface area contributed by atoms with Crippen molar-refractivity contribution in [3.8, 4) is 0 Å². The lowest BCUT2D eigenvalue weighted by atomic mass is 10.1. The third-order valence-electron chi connectivity index (χ3n) is 2.78. The van der Waals surface area contributed by atoms with Crippen LogP contribution in [0.1, 0.15) is 18.2 Å². The van der Waals surface area contributed by atoms with E-state index in [1.54, 1.807) is 6.92 Å². The van der Waals surface area contributed by atoms with Crippen molar-refractivity contribution in [2.24, 2.45) is 5.73 Å². The molecule has 0 saturated carbocycles. The number of amides is 1. The first-order valence-electron chi connectivity index (χ1n) is 5.60. The van der Waals surface area contributed by atoms with Crippen molar-refractivity contribution in [2.75, 3.05) is 0 Å².